The molecule has 0 bridgehead atoms. The molecule has 2 heterocycles. The van der Waals surface area contributed by atoms with Crippen molar-refractivity contribution in [3.8, 4) is 11.3 Å². The Morgan fingerprint density at radius 3 is 2.79 bits per heavy atom. The van der Waals surface area contributed by atoms with Crippen molar-refractivity contribution < 1.29 is 19.8 Å². The maximum atomic E-state index is 12.5. The lowest BCUT2D eigenvalue weighted by molar-refractivity contribution is -0.143. The van der Waals surface area contributed by atoms with E-state index < -0.39 is 24.5 Å². The molecule has 1 unspecified atom stereocenters. The first-order chi connectivity index (χ1) is 11.4. The fraction of sp³-hybridized carbons (Fsp3) is 0.200. The highest BCUT2D eigenvalue weighted by atomic mass is 35.5. The number of aromatic nitrogens is 2. The molecular weight excluding hydrogens is 357 g/mol. The van der Waals surface area contributed by atoms with Crippen molar-refractivity contribution >= 4 is 35.1 Å². The van der Waals surface area contributed by atoms with E-state index in [4.69, 9.17) is 28.3 Å². The molecule has 1 aromatic heterocycles. The summed E-state index contributed by atoms with van der Waals surface area (Å²) in [5, 5.41) is 18.7. The van der Waals surface area contributed by atoms with Crippen LogP contribution in [-0.2, 0) is 11.3 Å². The molecule has 2 N–H and O–H groups in total. The van der Waals surface area contributed by atoms with Gasteiger partial charge in [-0.3, -0.25) is 4.79 Å². The zero-order valence-corrected chi connectivity index (χ0v) is 13.6. The molecule has 24 heavy (non-hydrogen) atoms. The number of carboxylic acid groups (broad SMARTS) is 1. The average Bonchev–Trinajstić information content (AvgIpc) is 2.87. The van der Waals surface area contributed by atoms with Crippen LogP contribution in [0.25, 0.3) is 11.3 Å². The molecule has 124 valence electrons. The minimum atomic E-state index is -1.29. The predicted molar refractivity (Wildman–Crippen MR) is 85.9 cm³/mol. The van der Waals surface area contributed by atoms with Crippen LogP contribution >= 0.6 is 23.2 Å². The van der Waals surface area contributed by atoms with Gasteiger partial charge in [-0.1, -0.05) is 23.7 Å². The normalized spacial score (nSPS) is 14.6. The van der Waals surface area contributed by atoms with Gasteiger partial charge in [0, 0.05) is 17.7 Å². The first-order valence-corrected chi connectivity index (χ1v) is 7.64. The van der Waals surface area contributed by atoms with Gasteiger partial charge in [-0.05, 0) is 23.2 Å². The zero-order chi connectivity index (χ0) is 17.4. The van der Waals surface area contributed by atoms with Crippen LogP contribution in [0.5, 0.6) is 0 Å². The lowest BCUT2D eigenvalue weighted by atomic mass is 10.0. The number of amides is 1. The van der Waals surface area contributed by atoms with Gasteiger partial charge in [0.2, 0.25) is 5.28 Å². The van der Waals surface area contributed by atoms with E-state index in [9.17, 15) is 14.7 Å². The number of aliphatic hydroxyl groups is 1. The molecule has 1 atom stereocenters. The molecule has 0 fully saturated rings. The Bertz CT molecular complexity index is 843. The number of carbonyl (C=O) groups is 2. The van der Waals surface area contributed by atoms with E-state index in [1.165, 1.54) is 6.20 Å². The Morgan fingerprint density at radius 1 is 1.38 bits per heavy atom. The second kappa shape index (κ2) is 6.35. The van der Waals surface area contributed by atoms with E-state index >= 15 is 0 Å². The van der Waals surface area contributed by atoms with Crippen LogP contribution in [0.4, 0.5) is 0 Å². The first-order valence-electron chi connectivity index (χ1n) is 6.88. The Balaban J connectivity index is 2.00. The summed E-state index contributed by atoms with van der Waals surface area (Å²) in [5.41, 5.74) is 1.95. The highest BCUT2D eigenvalue weighted by Crippen LogP contribution is 2.32. The van der Waals surface area contributed by atoms with Gasteiger partial charge in [-0.25, -0.2) is 14.8 Å². The Kier molecular flexibility index (Phi) is 4.40. The largest absolute Gasteiger partial charge is 0.480 e. The van der Waals surface area contributed by atoms with Crippen molar-refractivity contribution in [3.63, 3.8) is 0 Å². The van der Waals surface area contributed by atoms with Gasteiger partial charge in [0.25, 0.3) is 5.91 Å². The van der Waals surface area contributed by atoms with E-state index in [2.05, 4.69) is 9.97 Å². The topological polar surface area (TPSA) is 104 Å². The molecule has 0 radical (unpaired) electrons. The number of carbonyl (C=O) groups excluding carboxylic acids is 1. The minimum Gasteiger partial charge on any atom is -0.480 e. The van der Waals surface area contributed by atoms with Crippen LogP contribution in [0.3, 0.4) is 0 Å². The Labute approximate surface area is 146 Å². The van der Waals surface area contributed by atoms with Crippen LogP contribution < -0.4 is 0 Å². The zero-order valence-electron chi connectivity index (χ0n) is 12.1. The summed E-state index contributed by atoms with van der Waals surface area (Å²) in [6.07, 6.45) is 1.36. The summed E-state index contributed by atoms with van der Waals surface area (Å²) in [6, 6.07) is 3.71. The second-order valence-corrected chi connectivity index (χ2v) is 5.92. The summed E-state index contributed by atoms with van der Waals surface area (Å²) in [5.74, 6) is -1.73. The molecule has 0 saturated carbocycles. The van der Waals surface area contributed by atoms with Gasteiger partial charge in [0.05, 0.1) is 23.5 Å². The molecule has 0 spiro atoms. The molecule has 1 aliphatic rings. The molecular formula is C15H11Cl2N3O4. The molecule has 2 aromatic rings. The van der Waals surface area contributed by atoms with Crippen molar-refractivity contribution in [3.05, 3.63) is 45.8 Å². The third-order valence-electron chi connectivity index (χ3n) is 3.76. The van der Waals surface area contributed by atoms with Gasteiger partial charge < -0.3 is 15.1 Å². The van der Waals surface area contributed by atoms with Gasteiger partial charge >= 0.3 is 5.97 Å². The maximum absolute atomic E-state index is 12.5. The second-order valence-electron chi connectivity index (χ2n) is 5.18. The van der Waals surface area contributed by atoms with E-state index in [0.29, 0.717) is 22.4 Å². The number of hydrogen-bond acceptors (Lipinski definition) is 5. The number of halogens is 2. The first kappa shape index (κ1) is 16.6. The van der Waals surface area contributed by atoms with Crippen LogP contribution in [0.15, 0.2) is 24.4 Å². The van der Waals surface area contributed by atoms with E-state index in [1.54, 1.807) is 18.2 Å². The molecule has 1 aromatic carbocycles. The molecule has 0 saturated heterocycles. The van der Waals surface area contributed by atoms with Gasteiger partial charge in [-0.2, -0.15) is 0 Å². The van der Waals surface area contributed by atoms with Crippen LogP contribution in [0.1, 0.15) is 15.9 Å². The fourth-order valence-electron chi connectivity index (χ4n) is 2.58. The smallest absolute Gasteiger partial charge is 0.328 e. The van der Waals surface area contributed by atoms with Crippen LogP contribution in [-0.4, -0.2) is 49.6 Å². The standard InChI is InChI=1S/C15H11Cl2N3O4/c16-10-4-18-15(17)19-12(10)7-1-2-8-5-20(11(6-21)14(23)24)13(22)9(8)3-7/h1-4,11,21H,5-6H2,(H,23,24). The number of rotatable bonds is 4. The summed E-state index contributed by atoms with van der Waals surface area (Å²) >= 11 is 11.9. The van der Waals surface area contributed by atoms with Crippen molar-refractivity contribution in [1.29, 1.82) is 0 Å². The van der Waals surface area contributed by atoms with Crippen molar-refractivity contribution in [2.45, 2.75) is 12.6 Å². The number of nitrogens with zero attached hydrogens (tertiary/aromatic N) is 3. The Morgan fingerprint density at radius 2 is 2.12 bits per heavy atom. The maximum Gasteiger partial charge on any atom is 0.328 e. The lowest BCUT2D eigenvalue weighted by Gasteiger charge is -2.21. The number of aliphatic hydroxyl groups excluding tert-OH is 1. The van der Waals surface area contributed by atoms with E-state index in [1.807, 2.05) is 0 Å². The van der Waals surface area contributed by atoms with Crippen molar-refractivity contribution in [2.24, 2.45) is 0 Å². The van der Waals surface area contributed by atoms with Crippen LogP contribution in [0, 0.1) is 0 Å². The number of aliphatic carboxylic acids is 1. The lowest BCUT2D eigenvalue weighted by Crippen LogP contribution is -2.43. The average molecular weight is 368 g/mol. The minimum absolute atomic E-state index is 0.0223. The molecule has 7 nitrogen and oxygen atoms in total. The summed E-state index contributed by atoms with van der Waals surface area (Å²) in [6.45, 7) is -0.542. The third-order valence-corrected chi connectivity index (χ3v) is 4.22. The molecule has 9 heteroatoms. The van der Waals surface area contributed by atoms with Gasteiger partial charge in [0.15, 0.2) is 6.04 Å². The predicted octanol–water partition coefficient (Wildman–Crippen LogP) is 1.85. The van der Waals surface area contributed by atoms with Crippen LogP contribution in [0.2, 0.25) is 10.3 Å². The Hall–Kier alpha value is -2.22. The number of carboxylic acids is 1. The van der Waals surface area contributed by atoms with Gasteiger partial charge in [-0.15, -0.1) is 0 Å². The number of benzene rings is 1. The van der Waals surface area contributed by atoms with Gasteiger partial charge in [0.1, 0.15) is 0 Å². The summed E-state index contributed by atoms with van der Waals surface area (Å²) in [4.78, 5) is 32.6. The SMILES string of the molecule is O=C(O)C(CO)N1Cc2ccc(-c3nc(Cl)ncc3Cl)cc2C1=O. The van der Waals surface area contributed by atoms with Crippen molar-refractivity contribution in [1.82, 2.24) is 14.9 Å². The molecule has 1 aliphatic heterocycles. The highest BCUT2D eigenvalue weighted by Gasteiger charge is 2.36. The highest BCUT2D eigenvalue weighted by molar-refractivity contribution is 6.33. The molecule has 3 rings (SSSR count). The third kappa shape index (κ3) is 2.82. The van der Waals surface area contributed by atoms with E-state index in [0.717, 1.165) is 4.90 Å². The molecule has 1 amide bonds. The summed E-state index contributed by atoms with van der Waals surface area (Å²) < 4.78 is 0. The summed E-state index contributed by atoms with van der Waals surface area (Å²) in [7, 11) is 0. The monoisotopic (exact) mass is 367 g/mol. The molecule has 0 aliphatic carbocycles. The fourth-order valence-corrected chi connectivity index (χ4v) is 2.91. The quantitative estimate of drug-likeness (QED) is 0.799. The number of hydrogen-bond donors (Lipinski definition) is 2. The number of fused-ring (bicyclic) bond motifs is 1. The van der Waals surface area contributed by atoms with Crippen molar-refractivity contribution in [2.75, 3.05) is 6.61 Å². The van der Waals surface area contributed by atoms with E-state index in [-0.39, 0.29) is 16.9 Å².